The lowest BCUT2D eigenvalue weighted by atomic mass is 10.2. The molecule has 0 aliphatic carbocycles. The zero-order valence-corrected chi connectivity index (χ0v) is 9.29. The van der Waals surface area contributed by atoms with E-state index >= 15 is 0 Å². The molecule has 1 heterocycles. The summed E-state index contributed by atoms with van der Waals surface area (Å²) in [4.78, 5) is 13.6. The Morgan fingerprint density at radius 2 is 2.00 bits per heavy atom. The Morgan fingerprint density at radius 3 is 2.56 bits per heavy atom. The Balaban J connectivity index is 2.23. The summed E-state index contributed by atoms with van der Waals surface area (Å²) in [7, 11) is 3.55. The molecule has 0 aliphatic heterocycles. The number of anilines is 1. The third kappa shape index (κ3) is 1.95. The van der Waals surface area contributed by atoms with Gasteiger partial charge in [-0.15, -0.1) is 0 Å². The Kier molecular flexibility index (Phi) is 2.72. The molecule has 0 atom stereocenters. The number of para-hydroxylation sites is 1. The maximum absolute atomic E-state index is 12.0. The lowest BCUT2D eigenvalue weighted by Crippen LogP contribution is -2.25. The van der Waals surface area contributed by atoms with Crippen LogP contribution >= 0.6 is 0 Å². The largest absolute Gasteiger partial charge is 0.311 e. The minimum absolute atomic E-state index is 0.0562. The van der Waals surface area contributed by atoms with Crippen molar-refractivity contribution in [2.24, 2.45) is 7.05 Å². The average molecular weight is 215 g/mol. The molecule has 0 spiro atoms. The summed E-state index contributed by atoms with van der Waals surface area (Å²) in [6.45, 7) is 0. The summed E-state index contributed by atoms with van der Waals surface area (Å²) in [5.41, 5.74) is 1.46. The van der Waals surface area contributed by atoms with Gasteiger partial charge in [-0.1, -0.05) is 18.2 Å². The molecule has 0 radical (unpaired) electrons. The first-order valence-corrected chi connectivity index (χ1v) is 5.00. The number of benzene rings is 1. The number of carbonyl (C=O) groups is 1. The second kappa shape index (κ2) is 4.18. The third-order valence-electron chi connectivity index (χ3n) is 2.40. The molecule has 1 aromatic carbocycles. The summed E-state index contributed by atoms with van der Waals surface area (Å²) < 4.78 is 1.62. The van der Waals surface area contributed by atoms with E-state index in [0.29, 0.717) is 5.56 Å². The maximum atomic E-state index is 12.0. The number of aryl methyl sites for hydroxylation is 1. The number of amides is 1. The van der Waals surface area contributed by atoms with Crippen LogP contribution in [0.15, 0.2) is 42.7 Å². The van der Waals surface area contributed by atoms with Crippen LogP contribution in [0.3, 0.4) is 0 Å². The van der Waals surface area contributed by atoms with Crippen molar-refractivity contribution in [3.05, 3.63) is 48.3 Å². The van der Waals surface area contributed by atoms with Crippen molar-refractivity contribution >= 4 is 11.6 Å². The number of rotatable bonds is 2. The summed E-state index contributed by atoms with van der Waals surface area (Å²) >= 11 is 0. The normalized spacial score (nSPS) is 10.1. The highest BCUT2D eigenvalue weighted by atomic mass is 16.2. The smallest absolute Gasteiger partial charge is 0.261 e. The standard InChI is InChI=1S/C12H13N3O/c1-14-9-10(8-13-14)12(16)15(2)11-6-4-3-5-7-11/h3-9H,1-2H3. The van der Waals surface area contributed by atoms with Crippen LogP contribution in [0.5, 0.6) is 0 Å². The molecule has 0 bridgehead atoms. The van der Waals surface area contributed by atoms with E-state index in [2.05, 4.69) is 5.10 Å². The van der Waals surface area contributed by atoms with Gasteiger partial charge in [0.05, 0.1) is 11.8 Å². The van der Waals surface area contributed by atoms with E-state index in [1.807, 2.05) is 30.3 Å². The van der Waals surface area contributed by atoms with Crippen molar-refractivity contribution in [1.29, 1.82) is 0 Å². The second-order valence-electron chi connectivity index (χ2n) is 3.60. The molecule has 4 nitrogen and oxygen atoms in total. The average Bonchev–Trinajstić information content (AvgIpc) is 2.75. The number of aromatic nitrogens is 2. The molecule has 1 aromatic heterocycles. The predicted octanol–water partition coefficient (Wildman–Crippen LogP) is 1.70. The molecule has 1 amide bonds. The molecule has 2 rings (SSSR count). The van der Waals surface area contributed by atoms with Crippen molar-refractivity contribution < 1.29 is 4.79 Å². The highest BCUT2D eigenvalue weighted by molar-refractivity contribution is 6.05. The molecule has 0 unspecified atom stereocenters. The maximum Gasteiger partial charge on any atom is 0.261 e. The van der Waals surface area contributed by atoms with Crippen LogP contribution in [0.4, 0.5) is 5.69 Å². The van der Waals surface area contributed by atoms with E-state index in [1.54, 1.807) is 36.1 Å². The van der Waals surface area contributed by atoms with Gasteiger partial charge in [0, 0.05) is 26.0 Å². The fourth-order valence-electron chi connectivity index (χ4n) is 1.49. The molecule has 2 aromatic rings. The molecule has 0 aliphatic rings. The van der Waals surface area contributed by atoms with Crippen molar-refractivity contribution in [2.45, 2.75) is 0 Å². The highest BCUT2D eigenvalue weighted by Crippen LogP contribution is 2.14. The van der Waals surface area contributed by atoms with E-state index in [4.69, 9.17) is 0 Å². The van der Waals surface area contributed by atoms with Gasteiger partial charge in [-0.05, 0) is 12.1 Å². The van der Waals surface area contributed by atoms with Gasteiger partial charge in [0.1, 0.15) is 0 Å². The van der Waals surface area contributed by atoms with Gasteiger partial charge in [-0.2, -0.15) is 5.10 Å². The van der Waals surface area contributed by atoms with Gasteiger partial charge in [-0.3, -0.25) is 9.48 Å². The zero-order valence-electron chi connectivity index (χ0n) is 9.29. The van der Waals surface area contributed by atoms with Gasteiger partial charge in [0.15, 0.2) is 0 Å². The third-order valence-corrected chi connectivity index (χ3v) is 2.40. The summed E-state index contributed by atoms with van der Waals surface area (Å²) in [6.07, 6.45) is 3.28. The van der Waals surface area contributed by atoms with E-state index in [9.17, 15) is 4.79 Å². The number of hydrogen-bond acceptors (Lipinski definition) is 2. The number of carbonyl (C=O) groups excluding carboxylic acids is 1. The molecule has 82 valence electrons. The molecule has 0 fully saturated rings. The topological polar surface area (TPSA) is 38.1 Å². The fraction of sp³-hybridized carbons (Fsp3) is 0.167. The van der Waals surface area contributed by atoms with Crippen molar-refractivity contribution in [1.82, 2.24) is 9.78 Å². The van der Waals surface area contributed by atoms with Crippen molar-refractivity contribution in [2.75, 3.05) is 11.9 Å². The lowest BCUT2D eigenvalue weighted by molar-refractivity contribution is 0.0993. The Bertz CT molecular complexity index is 490. The Morgan fingerprint density at radius 1 is 1.31 bits per heavy atom. The molecule has 4 heteroatoms. The van der Waals surface area contributed by atoms with E-state index < -0.39 is 0 Å². The Labute approximate surface area is 94.1 Å². The molecule has 0 saturated heterocycles. The predicted molar refractivity (Wildman–Crippen MR) is 62.4 cm³/mol. The van der Waals surface area contributed by atoms with Gasteiger partial charge in [0.2, 0.25) is 0 Å². The quantitative estimate of drug-likeness (QED) is 0.764. The van der Waals surface area contributed by atoms with E-state index in [-0.39, 0.29) is 5.91 Å². The van der Waals surface area contributed by atoms with E-state index in [1.165, 1.54) is 0 Å². The lowest BCUT2D eigenvalue weighted by Gasteiger charge is -2.15. The first kappa shape index (κ1) is 10.4. The van der Waals surface area contributed by atoms with Crippen LogP contribution in [0.2, 0.25) is 0 Å². The van der Waals surface area contributed by atoms with Gasteiger partial charge in [0.25, 0.3) is 5.91 Å². The minimum atomic E-state index is -0.0562. The SMILES string of the molecule is CN(C(=O)c1cnn(C)c1)c1ccccc1. The summed E-state index contributed by atoms with van der Waals surface area (Å²) in [6, 6.07) is 9.53. The minimum Gasteiger partial charge on any atom is -0.311 e. The Hall–Kier alpha value is -2.10. The van der Waals surface area contributed by atoms with Crippen LogP contribution in [0, 0.1) is 0 Å². The van der Waals surface area contributed by atoms with Gasteiger partial charge >= 0.3 is 0 Å². The number of nitrogens with zero attached hydrogens (tertiary/aromatic N) is 3. The molecule has 16 heavy (non-hydrogen) atoms. The first-order chi connectivity index (χ1) is 7.68. The van der Waals surface area contributed by atoms with Crippen LogP contribution in [0.25, 0.3) is 0 Å². The van der Waals surface area contributed by atoms with Crippen LogP contribution in [-0.2, 0) is 7.05 Å². The second-order valence-corrected chi connectivity index (χ2v) is 3.60. The van der Waals surface area contributed by atoms with E-state index in [0.717, 1.165) is 5.69 Å². The van der Waals surface area contributed by atoms with Crippen molar-refractivity contribution in [3.63, 3.8) is 0 Å². The zero-order chi connectivity index (χ0) is 11.5. The monoisotopic (exact) mass is 215 g/mol. The van der Waals surface area contributed by atoms with Gasteiger partial charge in [-0.25, -0.2) is 0 Å². The number of hydrogen-bond donors (Lipinski definition) is 0. The summed E-state index contributed by atoms with van der Waals surface area (Å²) in [5, 5.41) is 3.98. The van der Waals surface area contributed by atoms with Crippen molar-refractivity contribution in [3.8, 4) is 0 Å². The first-order valence-electron chi connectivity index (χ1n) is 5.00. The highest BCUT2D eigenvalue weighted by Gasteiger charge is 2.14. The fourth-order valence-corrected chi connectivity index (χ4v) is 1.49. The van der Waals surface area contributed by atoms with Gasteiger partial charge < -0.3 is 4.90 Å². The summed E-state index contributed by atoms with van der Waals surface area (Å²) in [5.74, 6) is -0.0562. The molecule has 0 N–H and O–H groups in total. The molecular formula is C12H13N3O. The van der Waals surface area contributed by atoms with Crippen LogP contribution in [-0.4, -0.2) is 22.7 Å². The molecule has 0 saturated carbocycles. The van der Waals surface area contributed by atoms with Crippen LogP contribution < -0.4 is 4.90 Å². The molecular weight excluding hydrogens is 202 g/mol. The van der Waals surface area contributed by atoms with Crippen LogP contribution in [0.1, 0.15) is 10.4 Å².